The van der Waals surface area contributed by atoms with Gasteiger partial charge in [-0.1, -0.05) is 36.4 Å². The quantitative estimate of drug-likeness (QED) is 0.777. The van der Waals surface area contributed by atoms with E-state index in [4.69, 9.17) is 4.74 Å². The molecule has 24 heavy (non-hydrogen) atoms. The first-order valence-electron chi connectivity index (χ1n) is 8.22. The van der Waals surface area contributed by atoms with Crippen molar-refractivity contribution in [1.29, 1.82) is 0 Å². The van der Waals surface area contributed by atoms with Crippen LogP contribution in [0.1, 0.15) is 13.8 Å². The molecule has 1 atom stereocenters. The first-order chi connectivity index (χ1) is 11.5. The molecule has 130 valence electrons. The van der Waals surface area contributed by atoms with Gasteiger partial charge in [0.2, 0.25) is 5.91 Å². The molecular weight excluding hydrogens is 304 g/mol. The number of aliphatic hydroxyl groups excluding tert-OH is 1. The molecule has 0 radical (unpaired) electrons. The van der Waals surface area contributed by atoms with E-state index in [0.717, 1.165) is 16.5 Å². The number of hydrogen-bond donors (Lipinski definition) is 2. The highest BCUT2D eigenvalue weighted by molar-refractivity contribution is 5.88. The zero-order valence-electron chi connectivity index (χ0n) is 14.5. The van der Waals surface area contributed by atoms with Gasteiger partial charge in [0.15, 0.2) is 0 Å². The molecule has 0 bridgehead atoms. The van der Waals surface area contributed by atoms with Crippen LogP contribution in [0.3, 0.4) is 0 Å². The van der Waals surface area contributed by atoms with Crippen molar-refractivity contribution in [3.05, 3.63) is 42.5 Å². The van der Waals surface area contributed by atoms with E-state index in [-0.39, 0.29) is 25.1 Å². The third-order valence-corrected chi connectivity index (χ3v) is 3.57. The second-order valence-corrected chi connectivity index (χ2v) is 6.36. The molecule has 0 aliphatic rings. The van der Waals surface area contributed by atoms with Crippen LogP contribution in [0.2, 0.25) is 0 Å². The average molecular weight is 330 g/mol. The number of nitrogens with zero attached hydrogens (tertiary/aromatic N) is 1. The highest BCUT2D eigenvalue weighted by Gasteiger charge is 2.13. The van der Waals surface area contributed by atoms with Crippen LogP contribution >= 0.6 is 0 Å². The summed E-state index contributed by atoms with van der Waals surface area (Å²) in [4.78, 5) is 13.5. The van der Waals surface area contributed by atoms with Crippen LogP contribution < -0.4 is 10.1 Å². The topological polar surface area (TPSA) is 61.8 Å². The van der Waals surface area contributed by atoms with Gasteiger partial charge in [-0.25, -0.2) is 0 Å². The number of fused-ring (bicyclic) bond motifs is 1. The summed E-state index contributed by atoms with van der Waals surface area (Å²) in [7, 11) is 1.81. The first kappa shape index (κ1) is 18.2. The molecule has 2 N–H and O–H groups in total. The summed E-state index contributed by atoms with van der Waals surface area (Å²) < 4.78 is 5.77. The number of carbonyl (C=O) groups excluding carboxylic acids is 1. The SMILES string of the molecule is CC(C)NC(=O)CN(C)C[C@@H](O)COc1cccc2ccccc12. The molecule has 2 aromatic carbocycles. The normalized spacial score (nSPS) is 12.6. The number of aliphatic hydroxyl groups is 1. The largest absolute Gasteiger partial charge is 0.490 e. The number of likely N-dealkylation sites (N-methyl/N-ethyl adjacent to an activating group) is 1. The molecule has 0 unspecified atom stereocenters. The van der Waals surface area contributed by atoms with Crippen molar-refractivity contribution in [2.45, 2.75) is 26.0 Å². The number of ether oxygens (including phenoxy) is 1. The Morgan fingerprint density at radius 1 is 1.21 bits per heavy atom. The van der Waals surface area contributed by atoms with Gasteiger partial charge in [-0.2, -0.15) is 0 Å². The Labute approximate surface area is 143 Å². The molecule has 0 aliphatic carbocycles. The number of rotatable bonds is 8. The van der Waals surface area contributed by atoms with E-state index in [1.54, 1.807) is 11.9 Å². The number of nitrogens with one attached hydrogen (secondary N) is 1. The summed E-state index contributed by atoms with van der Waals surface area (Å²) in [5.74, 6) is 0.710. The number of benzene rings is 2. The fourth-order valence-corrected chi connectivity index (χ4v) is 2.60. The highest BCUT2D eigenvalue weighted by Crippen LogP contribution is 2.25. The zero-order chi connectivity index (χ0) is 17.5. The lowest BCUT2D eigenvalue weighted by Crippen LogP contribution is -2.42. The minimum atomic E-state index is -0.666. The van der Waals surface area contributed by atoms with E-state index < -0.39 is 6.10 Å². The fourth-order valence-electron chi connectivity index (χ4n) is 2.60. The summed E-state index contributed by atoms with van der Waals surface area (Å²) in [5.41, 5.74) is 0. The van der Waals surface area contributed by atoms with Crippen LogP contribution in [0.4, 0.5) is 0 Å². The van der Waals surface area contributed by atoms with Gasteiger partial charge >= 0.3 is 0 Å². The highest BCUT2D eigenvalue weighted by atomic mass is 16.5. The maximum atomic E-state index is 11.7. The van der Waals surface area contributed by atoms with E-state index >= 15 is 0 Å². The van der Waals surface area contributed by atoms with E-state index in [9.17, 15) is 9.90 Å². The Morgan fingerprint density at radius 3 is 2.67 bits per heavy atom. The monoisotopic (exact) mass is 330 g/mol. The molecular formula is C19H26N2O3. The van der Waals surface area contributed by atoms with Crippen molar-refractivity contribution < 1.29 is 14.6 Å². The smallest absolute Gasteiger partial charge is 0.234 e. The van der Waals surface area contributed by atoms with Crippen molar-refractivity contribution >= 4 is 16.7 Å². The molecule has 5 heteroatoms. The summed E-state index contributed by atoms with van der Waals surface area (Å²) in [6.45, 7) is 4.65. The first-order valence-corrected chi connectivity index (χ1v) is 8.22. The van der Waals surface area contributed by atoms with Crippen LogP contribution in [0.5, 0.6) is 5.75 Å². The Kier molecular flexibility index (Phi) is 6.58. The van der Waals surface area contributed by atoms with Gasteiger partial charge < -0.3 is 15.2 Å². The lowest BCUT2D eigenvalue weighted by atomic mass is 10.1. The molecule has 0 saturated carbocycles. The molecule has 0 saturated heterocycles. The fraction of sp³-hybridized carbons (Fsp3) is 0.421. The van der Waals surface area contributed by atoms with Crippen LogP contribution in [-0.2, 0) is 4.79 Å². The summed E-state index contributed by atoms with van der Waals surface area (Å²) in [5, 5.41) is 15.1. The molecule has 0 fully saturated rings. The third kappa shape index (κ3) is 5.51. The maximum absolute atomic E-state index is 11.7. The lowest BCUT2D eigenvalue weighted by molar-refractivity contribution is -0.122. The molecule has 0 aliphatic heterocycles. The third-order valence-electron chi connectivity index (χ3n) is 3.57. The Balaban J connectivity index is 1.84. The van der Waals surface area contributed by atoms with Crippen LogP contribution in [-0.4, -0.2) is 54.8 Å². The van der Waals surface area contributed by atoms with Crippen LogP contribution in [0.25, 0.3) is 10.8 Å². The standard InChI is InChI=1S/C19H26N2O3/c1-14(2)20-19(23)12-21(3)11-16(22)13-24-18-10-6-8-15-7-4-5-9-17(15)18/h4-10,14,16,22H,11-13H2,1-3H3,(H,20,23)/t16-/m1/s1. The number of hydrogen-bond acceptors (Lipinski definition) is 4. The van der Waals surface area contributed by atoms with Crippen molar-refractivity contribution in [1.82, 2.24) is 10.2 Å². The van der Waals surface area contributed by atoms with Crippen molar-refractivity contribution in [3.8, 4) is 5.75 Å². The van der Waals surface area contributed by atoms with Gasteiger partial charge in [-0.15, -0.1) is 0 Å². The van der Waals surface area contributed by atoms with Crippen molar-refractivity contribution in [3.63, 3.8) is 0 Å². The Hall–Kier alpha value is -2.11. The number of amides is 1. The lowest BCUT2D eigenvalue weighted by Gasteiger charge is -2.21. The molecule has 1 amide bonds. The average Bonchev–Trinajstić information content (AvgIpc) is 2.51. The second kappa shape index (κ2) is 8.66. The van der Waals surface area contributed by atoms with Gasteiger partial charge in [0.05, 0.1) is 6.54 Å². The van der Waals surface area contributed by atoms with Gasteiger partial charge in [-0.3, -0.25) is 9.69 Å². The minimum absolute atomic E-state index is 0.0466. The summed E-state index contributed by atoms with van der Waals surface area (Å²) in [6.07, 6.45) is -0.666. The van der Waals surface area contributed by atoms with Gasteiger partial charge in [0.1, 0.15) is 18.5 Å². The van der Waals surface area contributed by atoms with Gasteiger partial charge in [0, 0.05) is 18.0 Å². The van der Waals surface area contributed by atoms with Crippen LogP contribution in [0, 0.1) is 0 Å². The maximum Gasteiger partial charge on any atom is 0.234 e. The van der Waals surface area contributed by atoms with E-state index in [1.807, 2.05) is 56.3 Å². The summed E-state index contributed by atoms with van der Waals surface area (Å²) in [6, 6.07) is 14.0. The predicted molar refractivity (Wildman–Crippen MR) is 96.2 cm³/mol. The molecule has 0 heterocycles. The Bertz CT molecular complexity index is 667. The minimum Gasteiger partial charge on any atom is -0.490 e. The van der Waals surface area contributed by atoms with E-state index in [1.165, 1.54) is 0 Å². The molecule has 0 aromatic heterocycles. The molecule has 5 nitrogen and oxygen atoms in total. The zero-order valence-corrected chi connectivity index (χ0v) is 14.5. The van der Waals surface area contributed by atoms with E-state index in [0.29, 0.717) is 6.54 Å². The van der Waals surface area contributed by atoms with E-state index in [2.05, 4.69) is 5.32 Å². The predicted octanol–water partition coefficient (Wildman–Crippen LogP) is 2.04. The summed E-state index contributed by atoms with van der Waals surface area (Å²) >= 11 is 0. The molecule has 0 spiro atoms. The Morgan fingerprint density at radius 2 is 1.92 bits per heavy atom. The van der Waals surface area contributed by atoms with Crippen LogP contribution in [0.15, 0.2) is 42.5 Å². The van der Waals surface area contributed by atoms with Gasteiger partial charge in [0.25, 0.3) is 0 Å². The second-order valence-electron chi connectivity index (χ2n) is 6.36. The molecule has 2 rings (SSSR count). The van der Waals surface area contributed by atoms with Gasteiger partial charge in [-0.05, 0) is 32.3 Å². The molecule has 2 aromatic rings. The van der Waals surface area contributed by atoms with Crippen molar-refractivity contribution in [2.75, 3.05) is 26.7 Å². The number of carbonyl (C=O) groups is 1. The van der Waals surface area contributed by atoms with Crippen molar-refractivity contribution in [2.24, 2.45) is 0 Å².